The minimum Gasteiger partial charge on any atom is -0.351 e. The number of hydrogen-bond acceptors (Lipinski definition) is 5. The summed E-state index contributed by atoms with van der Waals surface area (Å²) < 4.78 is 27.8. The minimum absolute atomic E-state index is 0.108. The van der Waals surface area contributed by atoms with Crippen LogP contribution in [0.3, 0.4) is 0 Å². The number of para-hydroxylation sites is 1. The van der Waals surface area contributed by atoms with E-state index in [1.165, 1.54) is 17.4 Å². The highest BCUT2D eigenvalue weighted by Crippen LogP contribution is 2.22. The van der Waals surface area contributed by atoms with Gasteiger partial charge in [-0.05, 0) is 37.3 Å². The van der Waals surface area contributed by atoms with E-state index in [-0.39, 0.29) is 23.9 Å². The molecule has 0 unspecified atom stereocenters. The second-order valence-corrected chi connectivity index (χ2v) is 8.68. The summed E-state index contributed by atoms with van der Waals surface area (Å²) in [6.07, 6.45) is 3.04. The Hall–Kier alpha value is -2.55. The Morgan fingerprint density at radius 3 is 2.59 bits per heavy atom. The third-order valence-electron chi connectivity index (χ3n) is 3.74. The standard InChI is InChI=1S/C19H19N3O3S2/c1-14-6-8-15(9-7-14)27(24,25)21-13-12-20-18(23)10-11-19-22-16-4-2-3-5-17(16)26-19/h2-11,21H,12-13H2,1H3,(H,20,23)/b11-10+. The number of sulfonamides is 1. The van der Waals surface area contributed by atoms with Gasteiger partial charge in [-0.2, -0.15) is 0 Å². The van der Waals surface area contributed by atoms with Crippen molar-refractivity contribution in [2.75, 3.05) is 13.1 Å². The zero-order valence-electron chi connectivity index (χ0n) is 14.7. The molecule has 2 aromatic carbocycles. The Kier molecular flexibility index (Phi) is 6.00. The van der Waals surface area contributed by atoms with E-state index in [0.29, 0.717) is 0 Å². The molecular weight excluding hydrogens is 382 g/mol. The number of fused-ring (bicyclic) bond motifs is 1. The summed E-state index contributed by atoms with van der Waals surface area (Å²) in [4.78, 5) is 16.5. The molecule has 140 valence electrons. The molecule has 0 saturated heterocycles. The van der Waals surface area contributed by atoms with Gasteiger partial charge in [0.2, 0.25) is 15.9 Å². The number of aromatic nitrogens is 1. The van der Waals surface area contributed by atoms with Crippen LogP contribution >= 0.6 is 11.3 Å². The van der Waals surface area contributed by atoms with E-state index in [0.717, 1.165) is 20.8 Å². The first-order valence-electron chi connectivity index (χ1n) is 8.32. The Morgan fingerprint density at radius 2 is 1.85 bits per heavy atom. The Balaban J connectivity index is 1.47. The number of aryl methyl sites for hydroxylation is 1. The molecule has 0 saturated carbocycles. The van der Waals surface area contributed by atoms with Crippen molar-refractivity contribution < 1.29 is 13.2 Å². The lowest BCUT2D eigenvalue weighted by molar-refractivity contribution is -0.116. The van der Waals surface area contributed by atoms with Gasteiger partial charge >= 0.3 is 0 Å². The third kappa shape index (κ3) is 5.22. The predicted octanol–water partition coefficient (Wildman–Crippen LogP) is 2.71. The average Bonchev–Trinajstić information content (AvgIpc) is 3.07. The van der Waals surface area contributed by atoms with E-state index < -0.39 is 10.0 Å². The van der Waals surface area contributed by atoms with Crippen LogP contribution in [0.15, 0.2) is 59.5 Å². The van der Waals surface area contributed by atoms with Crippen LogP contribution < -0.4 is 10.0 Å². The molecule has 1 aromatic heterocycles. The molecule has 8 heteroatoms. The van der Waals surface area contributed by atoms with Gasteiger partial charge in [0.15, 0.2) is 0 Å². The van der Waals surface area contributed by atoms with Crippen LogP contribution in [0.5, 0.6) is 0 Å². The maximum Gasteiger partial charge on any atom is 0.244 e. The first kappa shape index (κ1) is 19.2. The second kappa shape index (κ2) is 8.43. The SMILES string of the molecule is Cc1ccc(S(=O)(=O)NCCNC(=O)/C=C/c2nc3ccccc3s2)cc1. The molecule has 0 atom stereocenters. The Morgan fingerprint density at radius 1 is 1.11 bits per heavy atom. The van der Waals surface area contributed by atoms with Gasteiger partial charge in [-0.3, -0.25) is 4.79 Å². The van der Waals surface area contributed by atoms with E-state index in [1.54, 1.807) is 30.3 Å². The summed E-state index contributed by atoms with van der Waals surface area (Å²) in [7, 11) is -3.57. The van der Waals surface area contributed by atoms with Crippen molar-refractivity contribution in [2.24, 2.45) is 0 Å². The number of amides is 1. The molecule has 0 radical (unpaired) electrons. The van der Waals surface area contributed by atoms with Crippen LogP contribution in [0.25, 0.3) is 16.3 Å². The lowest BCUT2D eigenvalue weighted by atomic mass is 10.2. The number of nitrogens with one attached hydrogen (secondary N) is 2. The number of thiazole rings is 1. The molecule has 27 heavy (non-hydrogen) atoms. The summed E-state index contributed by atoms with van der Waals surface area (Å²) in [6.45, 7) is 2.19. The van der Waals surface area contributed by atoms with Gasteiger partial charge < -0.3 is 5.32 Å². The van der Waals surface area contributed by atoms with Crippen molar-refractivity contribution in [3.05, 3.63) is 65.2 Å². The van der Waals surface area contributed by atoms with Crippen molar-refractivity contribution in [2.45, 2.75) is 11.8 Å². The quantitative estimate of drug-likeness (QED) is 0.471. The van der Waals surface area contributed by atoms with Crippen LogP contribution in [0.2, 0.25) is 0 Å². The fourth-order valence-electron chi connectivity index (χ4n) is 2.34. The summed E-state index contributed by atoms with van der Waals surface area (Å²) in [6, 6.07) is 14.3. The molecule has 0 bridgehead atoms. The molecule has 0 aliphatic rings. The molecule has 6 nitrogen and oxygen atoms in total. The van der Waals surface area contributed by atoms with Gasteiger partial charge in [0, 0.05) is 19.2 Å². The second-order valence-electron chi connectivity index (χ2n) is 5.86. The molecule has 3 rings (SSSR count). The van der Waals surface area contributed by atoms with E-state index in [1.807, 2.05) is 31.2 Å². The van der Waals surface area contributed by atoms with Gasteiger partial charge in [0.25, 0.3) is 0 Å². The number of carbonyl (C=O) groups is 1. The van der Waals surface area contributed by atoms with Gasteiger partial charge in [-0.15, -0.1) is 11.3 Å². The van der Waals surface area contributed by atoms with Gasteiger partial charge in [-0.1, -0.05) is 29.8 Å². The first-order chi connectivity index (χ1) is 12.9. The molecule has 0 spiro atoms. The number of hydrogen-bond donors (Lipinski definition) is 2. The smallest absolute Gasteiger partial charge is 0.244 e. The lowest BCUT2D eigenvalue weighted by Crippen LogP contribution is -2.34. The topological polar surface area (TPSA) is 88.2 Å². The van der Waals surface area contributed by atoms with Gasteiger partial charge in [-0.25, -0.2) is 18.1 Å². The fourth-order valence-corrected chi connectivity index (χ4v) is 4.24. The van der Waals surface area contributed by atoms with Crippen molar-refractivity contribution in [3.63, 3.8) is 0 Å². The molecule has 1 heterocycles. The number of benzene rings is 2. The van der Waals surface area contributed by atoms with E-state index in [4.69, 9.17) is 0 Å². The summed E-state index contributed by atoms with van der Waals surface area (Å²) in [5.41, 5.74) is 1.88. The zero-order chi connectivity index (χ0) is 19.3. The zero-order valence-corrected chi connectivity index (χ0v) is 16.3. The van der Waals surface area contributed by atoms with E-state index in [2.05, 4.69) is 15.0 Å². The maximum atomic E-state index is 12.1. The number of rotatable bonds is 7. The molecule has 3 aromatic rings. The van der Waals surface area contributed by atoms with Crippen LogP contribution in [0.1, 0.15) is 10.6 Å². The van der Waals surface area contributed by atoms with Crippen LogP contribution in [-0.2, 0) is 14.8 Å². The van der Waals surface area contributed by atoms with Crippen molar-refractivity contribution >= 4 is 43.6 Å². The highest BCUT2D eigenvalue weighted by molar-refractivity contribution is 7.89. The molecule has 0 aliphatic heterocycles. The Labute approximate surface area is 162 Å². The molecule has 2 N–H and O–H groups in total. The van der Waals surface area contributed by atoms with Gasteiger partial charge in [0.1, 0.15) is 5.01 Å². The predicted molar refractivity (Wildman–Crippen MR) is 108 cm³/mol. The fraction of sp³-hybridized carbons (Fsp3) is 0.158. The van der Waals surface area contributed by atoms with Crippen LogP contribution in [0, 0.1) is 6.92 Å². The Bertz CT molecular complexity index is 1040. The number of carbonyl (C=O) groups excluding carboxylic acids is 1. The maximum absolute atomic E-state index is 12.1. The van der Waals surface area contributed by atoms with Gasteiger partial charge in [0.05, 0.1) is 15.1 Å². The third-order valence-corrected chi connectivity index (χ3v) is 6.21. The van der Waals surface area contributed by atoms with Crippen molar-refractivity contribution in [1.82, 2.24) is 15.0 Å². The highest BCUT2D eigenvalue weighted by Gasteiger charge is 2.12. The van der Waals surface area contributed by atoms with E-state index >= 15 is 0 Å². The summed E-state index contributed by atoms with van der Waals surface area (Å²) >= 11 is 1.50. The summed E-state index contributed by atoms with van der Waals surface area (Å²) in [5.74, 6) is -0.302. The highest BCUT2D eigenvalue weighted by atomic mass is 32.2. The first-order valence-corrected chi connectivity index (χ1v) is 10.6. The van der Waals surface area contributed by atoms with Crippen molar-refractivity contribution in [3.8, 4) is 0 Å². The molecule has 1 amide bonds. The number of nitrogens with zero attached hydrogens (tertiary/aromatic N) is 1. The van der Waals surface area contributed by atoms with Crippen molar-refractivity contribution in [1.29, 1.82) is 0 Å². The average molecular weight is 402 g/mol. The lowest BCUT2D eigenvalue weighted by Gasteiger charge is -2.07. The van der Waals surface area contributed by atoms with Crippen LogP contribution in [-0.4, -0.2) is 32.4 Å². The normalized spacial score (nSPS) is 11.9. The monoisotopic (exact) mass is 401 g/mol. The largest absolute Gasteiger partial charge is 0.351 e. The minimum atomic E-state index is -3.57. The summed E-state index contributed by atoms with van der Waals surface area (Å²) in [5, 5.41) is 3.39. The molecule has 0 aliphatic carbocycles. The molecule has 0 fully saturated rings. The molecular formula is C19H19N3O3S2. The van der Waals surface area contributed by atoms with E-state index in [9.17, 15) is 13.2 Å². The van der Waals surface area contributed by atoms with Crippen LogP contribution in [0.4, 0.5) is 0 Å².